The Kier molecular flexibility index (Phi) is 5.34. The van der Waals surface area contributed by atoms with Crippen LogP contribution in [0, 0.1) is 17.7 Å². The molecule has 0 unspecified atom stereocenters. The van der Waals surface area contributed by atoms with E-state index in [9.17, 15) is 14.3 Å². The van der Waals surface area contributed by atoms with Gasteiger partial charge in [-0.3, -0.25) is 4.79 Å². The Morgan fingerprint density at radius 2 is 2.09 bits per heavy atom. The van der Waals surface area contributed by atoms with Crippen LogP contribution in [0.15, 0.2) is 18.5 Å². The third-order valence-corrected chi connectivity index (χ3v) is 6.62. The molecular formula is C24H28FN7O2. The van der Waals surface area contributed by atoms with Gasteiger partial charge in [0.25, 0.3) is 5.91 Å². The largest absolute Gasteiger partial charge is 0.389 e. The predicted octanol–water partition coefficient (Wildman–Crippen LogP) is 1.92. The molecule has 5 rings (SSSR count). The van der Waals surface area contributed by atoms with Crippen LogP contribution in [0.5, 0.6) is 0 Å². The number of amides is 1. The summed E-state index contributed by atoms with van der Waals surface area (Å²) in [6.45, 7) is 4.06. The highest BCUT2D eigenvalue weighted by Crippen LogP contribution is 2.37. The van der Waals surface area contributed by atoms with Gasteiger partial charge < -0.3 is 26.0 Å². The topological polar surface area (TPSA) is 123 Å². The van der Waals surface area contributed by atoms with Gasteiger partial charge in [0.15, 0.2) is 5.69 Å². The molecule has 2 aliphatic rings. The summed E-state index contributed by atoms with van der Waals surface area (Å²) in [5, 5.41) is 21.2. The maximum atomic E-state index is 14.9. The molecule has 2 aromatic heterocycles. The molecule has 3 aromatic rings. The van der Waals surface area contributed by atoms with Crippen molar-refractivity contribution in [3.63, 3.8) is 0 Å². The van der Waals surface area contributed by atoms with E-state index in [1.54, 1.807) is 38.0 Å². The maximum absolute atomic E-state index is 14.9. The molecule has 1 saturated heterocycles. The van der Waals surface area contributed by atoms with Crippen molar-refractivity contribution < 1.29 is 14.3 Å². The molecule has 0 spiro atoms. The second kappa shape index (κ2) is 8.11. The Bertz CT molecular complexity index is 1340. The van der Waals surface area contributed by atoms with Gasteiger partial charge in [-0.05, 0) is 45.1 Å². The zero-order valence-electron chi connectivity index (χ0n) is 19.4. The van der Waals surface area contributed by atoms with Crippen molar-refractivity contribution in [1.82, 2.24) is 24.6 Å². The summed E-state index contributed by atoms with van der Waals surface area (Å²) in [6, 6.07) is 3.22. The number of benzene rings is 1. The number of carbonyl (C=O) groups is 1. The van der Waals surface area contributed by atoms with E-state index in [2.05, 4.69) is 32.6 Å². The van der Waals surface area contributed by atoms with Crippen molar-refractivity contribution >= 4 is 22.8 Å². The Balaban J connectivity index is 1.51. The highest BCUT2D eigenvalue weighted by molar-refractivity contribution is 6.00. The number of nitrogens with zero attached hydrogens (tertiary/aromatic N) is 4. The number of fused-ring (bicyclic) bond motifs is 1. The molecule has 2 fully saturated rings. The van der Waals surface area contributed by atoms with Crippen LogP contribution in [0.25, 0.3) is 11.0 Å². The lowest BCUT2D eigenvalue weighted by Crippen LogP contribution is -2.42. The van der Waals surface area contributed by atoms with Crippen LogP contribution in [-0.2, 0) is 0 Å². The summed E-state index contributed by atoms with van der Waals surface area (Å²) in [4.78, 5) is 16.7. The average Bonchev–Trinajstić information content (AvgIpc) is 3.20. The fourth-order valence-electron chi connectivity index (χ4n) is 4.61. The zero-order valence-corrected chi connectivity index (χ0v) is 19.4. The van der Waals surface area contributed by atoms with Crippen molar-refractivity contribution in [3.8, 4) is 11.8 Å². The second-order valence-corrected chi connectivity index (χ2v) is 9.59. The number of carbonyl (C=O) groups excluding carboxylic acids is 1. The Morgan fingerprint density at radius 1 is 1.32 bits per heavy atom. The van der Waals surface area contributed by atoms with Crippen LogP contribution in [0.2, 0.25) is 0 Å². The van der Waals surface area contributed by atoms with Gasteiger partial charge in [-0.15, -0.1) is 0 Å². The molecule has 3 heterocycles. The van der Waals surface area contributed by atoms with E-state index in [4.69, 9.17) is 5.73 Å². The molecule has 10 heteroatoms. The number of nitrogens with one attached hydrogen (secondary N) is 2. The highest BCUT2D eigenvalue weighted by Gasteiger charge is 2.37. The third kappa shape index (κ3) is 3.91. The third-order valence-electron chi connectivity index (χ3n) is 6.62. The van der Waals surface area contributed by atoms with Crippen molar-refractivity contribution in [2.45, 2.75) is 56.8 Å². The van der Waals surface area contributed by atoms with Gasteiger partial charge in [0.2, 0.25) is 0 Å². The summed E-state index contributed by atoms with van der Waals surface area (Å²) in [5.74, 6) is 4.98. The number of aliphatic hydroxyl groups is 1. The number of hydrogen-bond donors (Lipinski definition) is 4. The minimum atomic E-state index is -0.903. The number of nitrogens with two attached hydrogens (primary N) is 1. The minimum absolute atomic E-state index is 0.119. The van der Waals surface area contributed by atoms with E-state index in [0.29, 0.717) is 30.3 Å². The standard InChI is InChI=1S/C24H28FN7O2/c1-24(2,34)20-9-15(11-28-20)32-23(27-3)21(22(26)33)17(30-32)7-4-13-8-18-19(10-16(13)25)31(12-29-18)14-5-6-14/h8,10,12,14-15,20,27-28,34H,5-6,9,11H2,1-3H3,(H2,26,33)/t15-,20+/m0/s1. The first kappa shape index (κ1) is 22.4. The van der Waals surface area contributed by atoms with Crippen LogP contribution in [-0.4, -0.2) is 55.6 Å². The van der Waals surface area contributed by atoms with Gasteiger partial charge in [0.1, 0.15) is 17.2 Å². The molecule has 34 heavy (non-hydrogen) atoms. The normalized spacial score (nSPS) is 20.4. The summed E-state index contributed by atoms with van der Waals surface area (Å²) in [6.07, 6.45) is 4.50. The minimum Gasteiger partial charge on any atom is -0.389 e. The van der Waals surface area contributed by atoms with Crippen molar-refractivity contribution in [1.29, 1.82) is 0 Å². The van der Waals surface area contributed by atoms with E-state index >= 15 is 0 Å². The number of primary amides is 1. The molecular weight excluding hydrogens is 437 g/mol. The number of aromatic nitrogens is 4. The lowest BCUT2D eigenvalue weighted by molar-refractivity contribution is 0.0436. The van der Waals surface area contributed by atoms with E-state index < -0.39 is 17.3 Å². The fourth-order valence-corrected chi connectivity index (χ4v) is 4.61. The average molecular weight is 466 g/mol. The van der Waals surface area contributed by atoms with Gasteiger partial charge in [0, 0.05) is 31.7 Å². The monoisotopic (exact) mass is 465 g/mol. The molecule has 1 saturated carbocycles. The smallest absolute Gasteiger partial charge is 0.255 e. The number of halogens is 1. The number of imidazole rings is 1. The molecule has 1 aromatic carbocycles. The predicted molar refractivity (Wildman–Crippen MR) is 126 cm³/mol. The van der Waals surface area contributed by atoms with Crippen LogP contribution in [0.4, 0.5) is 10.2 Å². The molecule has 1 amide bonds. The Labute approximate surface area is 196 Å². The molecule has 9 nitrogen and oxygen atoms in total. The fraction of sp³-hybridized carbons (Fsp3) is 0.458. The van der Waals surface area contributed by atoms with Gasteiger partial charge in [0.05, 0.1) is 34.6 Å². The first-order valence-corrected chi connectivity index (χ1v) is 11.4. The summed E-state index contributed by atoms with van der Waals surface area (Å²) >= 11 is 0. The number of rotatable bonds is 5. The van der Waals surface area contributed by atoms with Crippen LogP contribution >= 0.6 is 0 Å². The molecule has 2 atom stereocenters. The van der Waals surface area contributed by atoms with Gasteiger partial charge in [-0.25, -0.2) is 14.1 Å². The maximum Gasteiger partial charge on any atom is 0.255 e. The lowest BCUT2D eigenvalue weighted by Gasteiger charge is -2.25. The van der Waals surface area contributed by atoms with Crippen LogP contribution in [0.3, 0.4) is 0 Å². The van der Waals surface area contributed by atoms with E-state index in [-0.39, 0.29) is 28.9 Å². The van der Waals surface area contributed by atoms with E-state index in [1.807, 2.05) is 4.57 Å². The quantitative estimate of drug-likeness (QED) is 0.427. The van der Waals surface area contributed by atoms with Gasteiger partial charge >= 0.3 is 0 Å². The molecule has 0 radical (unpaired) electrons. The SMILES string of the molecule is CNc1c(C(N)=O)c(C#Cc2cc3ncn(C4CC4)c3cc2F)nn1[C@@H]1CN[C@@H](C(C)(C)O)C1. The molecule has 1 aliphatic heterocycles. The highest BCUT2D eigenvalue weighted by atomic mass is 19.1. The Morgan fingerprint density at radius 3 is 2.71 bits per heavy atom. The summed E-state index contributed by atoms with van der Waals surface area (Å²) in [7, 11) is 1.68. The first-order chi connectivity index (χ1) is 16.2. The summed E-state index contributed by atoms with van der Waals surface area (Å²) in [5.41, 5.74) is 6.69. The van der Waals surface area contributed by atoms with Crippen molar-refractivity contribution in [3.05, 3.63) is 41.1 Å². The Hall–Kier alpha value is -3.42. The lowest BCUT2D eigenvalue weighted by atomic mass is 9.96. The second-order valence-electron chi connectivity index (χ2n) is 9.59. The number of anilines is 1. The molecule has 5 N–H and O–H groups in total. The molecule has 178 valence electrons. The van der Waals surface area contributed by atoms with E-state index in [1.165, 1.54) is 6.07 Å². The number of hydrogen-bond acceptors (Lipinski definition) is 6. The van der Waals surface area contributed by atoms with Crippen molar-refractivity contribution in [2.24, 2.45) is 5.73 Å². The zero-order chi connectivity index (χ0) is 24.2. The molecule has 0 bridgehead atoms. The van der Waals surface area contributed by atoms with Gasteiger partial charge in [-0.1, -0.05) is 5.92 Å². The van der Waals surface area contributed by atoms with E-state index in [0.717, 1.165) is 18.4 Å². The van der Waals surface area contributed by atoms with Crippen molar-refractivity contribution in [2.75, 3.05) is 18.9 Å². The van der Waals surface area contributed by atoms with Crippen LogP contribution in [0.1, 0.15) is 66.8 Å². The van der Waals surface area contributed by atoms with Crippen LogP contribution < -0.4 is 16.4 Å². The molecule has 1 aliphatic carbocycles. The first-order valence-electron chi connectivity index (χ1n) is 11.4. The summed E-state index contributed by atoms with van der Waals surface area (Å²) < 4.78 is 18.5. The van der Waals surface area contributed by atoms with Gasteiger partial charge in [-0.2, -0.15) is 5.10 Å².